The van der Waals surface area contributed by atoms with Crippen LogP contribution in [0.25, 0.3) is 0 Å². The van der Waals surface area contributed by atoms with Crippen molar-refractivity contribution in [3.63, 3.8) is 0 Å². The number of aryl methyl sites for hydroxylation is 1. The van der Waals surface area contributed by atoms with E-state index in [2.05, 4.69) is 9.36 Å². The molecule has 0 aliphatic rings. The summed E-state index contributed by atoms with van der Waals surface area (Å²) in [6, 6.07) is 4.77. The summed E-state index contributed by atoms with van der Waals surface area (Å²) in [7, 11) is 0. The predicted molar refractivity (Wildman–Crippen MR) is 72.5 cm³/mol. The quantitative estimate of drug-likeness (QED) is 0.937. The van der Waals surface area contributed by atoms with E-state index in [9.17, 15) is 4.39 Å². The molecule has 2 rings (SSSR count). The van der Waals surface area contributed by atoms with Crippen molar-refractivity contribution in [2.24, 2.45) is 5.73 Å². The minimum absolute atomic E-state index is 0.00214. The zero-order valence-corrected chi connectivity index (χ0v) is 11.8. The van der Waals surface area contributed by atoms with E-state index in [0.717, 1.165) is 20.6 Å². The first-order chi connectivity index (χ1) is 8.54. The molecule has 0 amide bonds. The Morgan fingerprint density at radius 2 is 2.28 bits per heavy atom. The predicted octanol–water partition coefficient (Wildman–Crippen LogP) is 3.03. The van der Waals surface area contributed by atoms with Gasteiger partial charge in [0.2, 0.25) is 0 Å². The Labute approximate surface area is 114 Å². The van der Waals surface area contributed by atoms with Gasteiger partial charge in [0.15, 0.2) is 4.34 Å². The highest BCUT2D eigenvalue weighted by atomic mass is 32.2. The zero-order valence-electron chi connectivity index (χ0n) is 10.2. The van der Waals surface area contributed by atoms with E-state index in [1.807, 2.05) is 13.8 Å². The number of aromatic nitrogens is 2. The average Bonchev–Trinajstić information content (AvgIpc) is 2.67. The molecule has 0 aliphatic heterocycles. The van der Waals surface area contributed by atoms with E-state index in [0.29, 0.717) is 6.42 Å². The molecule has 0 fully saturated rings. The second-order valence-electron chi connectivity index (χ2n) is 4.14. The molecule has 1 atom stereocenters. The molecule has 0 spiro atoms. The van der Waals surface area contributed by atoms with Crippen molar-refractivity contribution < 1.29 is 4.39 Å². The molecule has 2 aromatic rings. The maximum absolute atomic E-state index is 13.3. The van der Waals surface area contributed by atoms with E-state index in [1.54, 1.807) is 12.1 Å². The van der Waals surface area contributed by atoms with E-state index in [-0.39, 0.29) is 11.9 Å². The Kier molecular flexibility index (Phi) is 4.31. The number of nitrogens with two attached hydrogens (primary N) is 1. The molecule has 0 radical (unpaired) electrons. The number of benzene rings is 1. The van der Waals surface area contributed by atoms with Gasteiger partial charge in [-0.3, -0.25) is 0 Å². The van der Waals surface area contributed by atoms with Crippen LogP contribution in [0.2, 0.25) is 0 Å². The number of rotatable bonds is 4. The van der Waals surface area contributed by atoms with Crippen LogP contribution >= 0.6 is 23.3 Å². The van der Waals surface area contributed by atoms with Gasteiger partial charge in [0, 0.05) is 10.9 Å². The van der Waals surface area contributed by atoms with Crippen LogP contribution < -0.4 is 5.73 Å². The summed E-state index contributed by atoms with van der Waals surface area (Å²) in [5.74, 6) is 0.529. The van der Waals surface area contributed by atoms with E-state index in [1.165, 1.54) is 29.4 Å². The molecule has 96 valence electrons. The third kappa shape index (κ3) is 3.51. The Morgan fingerprint density at radius 3 is 2.89 bits per heavy atom. The molecule has 0 bridgehead atoms. The van der Waals surface area contributed by atoms with Crippen LogP contribution in [0.5, 0.6) is 0 Å². The highest BCUT2D eigenvalue weighted by Gasteiger charge is 2.10. The lowest BCUT2D eigenvalue weighted by Gasteiger charge is -2.10. The third-order valence-electron chi connectivity index (χ3n) is 2.27. The number of hydrogen-bond acceptors (Lipinski definition) is 5. The van der Waals surface area contributed by atoms with Crippen LogP contribution in [0, 0.1) is 12.7 Å². The van der Waals surface area contributed by atoms with E-state index in [4.69, 9.17) is 5.73 Å². The number of nitrogens with zero attached hydrogens (tertiary/aromatic N) is 2. The lowest BCUT2D eigenvalue weighted by Crippen LogP contribution is -2.18. The maximum atomic E-state index is 13.3. The van der Waals surface area contributed by atoms with Crippen molar-refractivity contribution in [1.29, 1.82) is 0 Å². The van der Waals surface area contributed by atoms with Gasteiger partial charge < -0.3 is 5.73 Å². The lowest BCUT2D eigenvalue weighted by molar-refractivity contribution is 0.620. The van der Waals surface area contributed by atoms with Gasteiger partial charge in [0.25, 0.3) is 0 Å². The van der Waals surface area contributed by atoms with Crippen LogP contribution in [0.15, 0.2) is 27.4 Å². The van der Waals surface area contributed by atoms with E-state index < -0.39 is 0 Å². The summed E-state index contributed by atoms with van der Waals surface area (Å²) >= 11 is 2.86. The molecule has 1 heterocycles. The average molecular weight is 283 g/mol. The molecule has 1 unspecified atom stereocenters. The first-order valence-corrected chi connectivity index (χ1v) is 7.16. The van der Waals surface area contributed by atoms with Crippen LogP contribution in [0.4, 0.5) is 4.39 Å². The Morgan fingerprint density at radius 1 is 1.50 bits per heavy atom. The molecule has 18 heavy (non-hydrogen) atoms. The Bertz CT molecular complexity index is 540. The van der Waals surface area contributed by atoms with Crippen molar-refractivity contribution in [3.05, 3.63) is 35.4 Å². The second-order valence-corrected chi connectivity index (χ2v) is 6.18. The summed E-state index contributed by atoms with van der Waals surface area (Å²) < 4.78 is 18.3. The molecule has 3 nitrogen and oxygen atoms in total. The van der Waals surface area contributed by atoms with Crippen molar-refractivity contribution >= 4 is 23.3 Å². The van der Waals surface area contributed by atoms with Gasteiger partial charge in [-0.05, 0) is 55.6 Å². The first-order valence-electron chi connectivity index (χ1n) is 5.57. The lowest BCUT2D eigenvalue weighted by atomic mass is 10.1. The van der Waals surface area contributed by atoms with Gasteiger partial charge in [0.05, 0.1) is 0 Å². The molecule has 0 saturated carbocycles. The smallest absolute Gasteiger partial charge is 0.174 e. The minimum atomic E-state index is -0.233. The largest absolute Gasteiger partial charge is 0.328 e. The molecule has 0 saturated heterocycles. The summed E-state index contributed by atoms with van der Waals surface area (Å²) in [4.78, 5) is 5.28. The second kappa shape index (κ2) is 5.77. The van der Waals surface area contributed by atoms with Crippen LogP contribution in [-0.4, -0.2) is 15.4 Å². The SMILES string of the molecule is Cc1nsc(Sc2ccc(F)cc2CC(C)N)n1. The minimum Gasteiger partial charge on any atom is -0.328 e. The molecule has 1 aromatic carbocycles. The zero-order chi connectivity index (χ0) is 13.1. The van der Waals surface area contributed by atoms with Gasteiger partial charge in [-0.1, -0.05) is 11.8 Å². The molecular weight excluding hydrogens is 269 g/mol. The summed E-state index contributed by atoms with van der Waals surface area (Å²) in [5, 5.41) is 0. The van der Waals surface area contributed by atoms with Crippen molar-refractivity contribution in [1.82, 2.24) is 9.36 Å². The van der Waals surface area contributed by atoms with Gasteiger partial charge in [-0.2, -0.15) is 4.37 Å². The standard InChI is InChI=1S/C12H14FN3S2/c1-7(14)5-9-6-10(13)3-4-11(9)17-12-15-8(2)16-18-12/h3-4,6-7H,5,14H2,1-2H3. The molecule has 6 heteroatoms. The van der Waals surface area contributed by atoms with Crippen molar-refractivity contribution in [2.45, 2.75) is 35.5 Å². The summed E-state index contributed by atoms with van der Waals surface area (Å²) in [6.45, 7) is 3.77. The summed E-state index contributed by atoms with van der Waals surface area (Å²) in [6.07, 6.45) is 0.651. The van der Waals surface area contributed by atoms with Gasteiger partial charge in [-0.25, -0.2) is 9.37 Å². The van der Waals surface area contributed by atoms with Crippen LogP contribution in [0.1, 0.15) is 18.3 Å². The van der Waals surface area contributed by atoms with E-state index >= 15 is 0 Å². The Balaban J connectivity index is 2.26. The van der Waals surface area contributed by atoms with Gasteiger partial charge >= 0.3 is 0 Å². The molecule has 0 aliphatic carbocycles. The first kappa shape index (κ1) is 13.5. The highest BCUT2D eigenvalue weighted by Crippen LogP contribution is 2.32. The number of hydrogen-bond donors (Lipinski definition) is 1. The molecular formula is C12H14FN3S2. The molecule has 2 N–H and O–H groups in total. The Hall–Kier alpha value is -0.980. The van der Waals surface area contributed by atoms with Crippen molar-refractivity contribution in [3.8, 4) is 0 Å². The topological polar surface area (TPSA) is 51.8 Å². The normalized spacial score (nSPS) is 12.7. The van der Waals surface area contributed by atoms with Gasteiger partial charge in [-0.15, -0.1) is 0 Å². The monoisotopic (exact) mass is 283 g/mol. The maximum Gasteiger partial charge on any atom is 0.174 e. The fourth-order valence-corrected chi connectivity index (χ4v) is 3.30. The van der Waals surface area contributed by atoms with Crippen LogP contribution in [0.3, 0.4) is 0 Å². The van der Waals surface area contributed by atoms with Crippen LogP contribution in [-0.2, 0) is 6.42 Å². The van der Waals surface area contributed by atoms with Crippen molar-refractivity contribution in [2.75, 3.05) is 0 Å². The molecule has 1 aromatic heterocycles. The number of halogens is 1. The fraction of sp³-hybridized carbons (Fsp3) is 0.333. The van der Waals surface area contributed by atoms with Gasteiger partial charge in [0.1, 0.15) is 11.6 Å². The highest BCUT2D eigenvalue weighted by molar-refractivity contribution is 8.01. The summed E-state index contributed by atoms with van der Waals surface area (Å²) in [5.41, 5.74) is 6.70. The fourth-order valence-electron chi connectivity index (χ4n) is 1.57. The third-order valence-corrected chi connectivity index (χ3v) is 4.23.